The molecule has 1 saturated carbocycles. The Hall–Kier alpha value is -2.85. The van der Waals surface area contributed by atoms with Gasteiger partial charge in [0.05, 0.1) is 19.8 Å². The predicted molar refractivity (Wildman–Crippen MR) is 141 cm³/mol. The van der Waals surface area contributed by atoms with Gasteiger partial charge in [0.2, 0.25) is 16.0 Å². The van der Waals surface area contributed by atoms with E-state index in [1.54, 1.807) is 7.11 Å². The molecular weight excluding hydrogens is 464 g/mol. The van der Waals surface area contributed by atoms with Gasteiger partial charge in [-0.05, 0) is 57.4 Å². The van der Waals surface area contributed by atoms with Gasteiger partial charge in [-0.25, -0.2) is 4.98 Å². The third-order valence-electron chi connectivity index (χ3n) is 6.05. The minimum absolute atomic E-state index is 0.0342. The molecule has 0 spiro atoms. The standard InChI is InChI=1S/C25H36N6O3S/c1-17(2)34-15-7-14-26-21(32)16-30(3)25-29-31-23(27-19-8-5-6-9-19)22(28-24(31)35-25)18-10-12-20(33-4)13-11-18/h10-13,17,19,27H,5-9,14-16H2,1-4H3,(H,26,32). The highest BCUT2D eigenvalue weighted by Gasteiger charge is 2.24. The number of anilines is 2. The molecule has 1 fully saturated rings. The fourth-order valence-corrected chi connectivity index (χ4v) is 5.06. The second kappa shape index (κ2) is 11.7. The van der Waals surface area contributed by atoms with Crippen LogP contribution >= 0.6 is 11.3 Å². The Morgan fingerprint density at radius 1 is 1.26 bits per heavy atom. The van der Waals surface area contributed by atoms with Crippen LogP contribution < -0.4 is 20.3 Å². The van der Waals surface area contributed by atoms with E-state index in [1.165, 1.54) is 24.2 Å². The number of hydrogen-bond donors (Lipinski definition) is 2. The molecule has 0 unspecified atom stereocenters. The second-order valence-corrected chi connectivity index (χ2v) is 10.2. The Bertz CT molecular complexity index is 1100. The minimum Gasteiger partial charge on any atom is -0.497 e. The monoisotopic (exact) mass is 500 g/mol. The van der Waals surface area contributed by atoms with Crippen LogP contribution in [-0.4, -0.2) is 66.5 Å². The quantitative estimate of drug-likeness (QED) is 0.360. The molecule has 1 amide bonds. The summed E-state index contributed by atoms with van der Waals surface area (Å²) in [6.45, 7) is 5.49. The lowest BCUT2D eigenvalue weighted by atomic mass is 10.1. The zero-order chi connectivity index (χ0) is 24.8. The fourth-order valence-electron chi connectivity index (χ4n) is 4.19. The second-order valence-electron chi connectivity index (χ2n) is 9.22. The number of nitrogens with zero attached hydrogens (tertiary/aromatic N) is 4. The number of nitrogens with one attached hydrogen (secondary N) is 2. The van der Waals surface area contributed by atoms with Gasteiger partial charge in [0.25, 0.3) is 0 Å². The van der Waals surface area contributed by atoms with E-state index in [2.05, 4.69) is 10.6 Å². The Morgan fingerprint density at radius 3 is 2.69 bits per heavy atom. The molecule has 1 aliphatic rings. The summed E-state index contributed by atoms with van der Waals surface area (Å²) in [6.07, 6.45) is 5.77. The van der Waals surface area contributed by atoms with Gasteiger partial charge in [0, 0.05) is 31.8 Å². The first-order valence-corrected chi connectivity index (χ1v) is 13.2. The number of fused-ring (bicyclic) bond motifs is 1. The van der Waals surface area contributed by atoms with Crippen LogP contribution in [0.25, 0.3) is 16.2 Å². The molecule has 35 heavy (non-hydrogen) atoms. The number of carbonyl (C=O) groups excluding carboxylic acids is 1. The van der Waals surface area contributed by atoms with E-state index in [0.29, 0.717) is 19.2 Å². The number of rotatable bonds is 12. The largest absolute Gasteiger partial charge is 0.497 e. The summed E-state index contributed by atoms with van der Waals surface area (Å²) in [6, 6.07) is 8.36. The molecule has 2 N–H and O–H groups in total. The van der Waals surface area contributed by atoms with E-state index in [9.17, 15) is 4.79 Å². The predicted octanol–water partition coefficient (Wildman–Crippen LogP) is 4.19. The number of imidazole rings is 1. The Labute approximate surface area is 210 Å². The van der Waals surface area contributed by atoms with Crippen LogP contribution in [0.4, 0.5) is 10.9 Å². The van der Waals surface area contributed by atoms with Crippen LogP contribution in [0, 0.1) is 0 Å². The lowest BCUT2D eigenvalue weighted by molar-refractivity contribution is -0.119. The van der Waals surface area contributed by atoms with Crippen molar-refractivity contribution in [3.8, 4) is 17.0 Å². The molecule has 9 nitrogen and oxygen atoms in total. The number of carbonyl (C=O) groups is 1. The zero-order valence-corrected chi connectivity index (χ0v) is 21.9. The van der Waals surface area contributed by atoms with Crippen molar-refractivity contribution < 1.29 is 14.3 Å². The number of methoxy groups -OCH3 is 1. The molecule has 10 heteroatoms. The van der Waals surface area contributed by atoms with Gasteiger partial charge < -0.3 is 25.0 Å². The van der Waals surface area contributed by atoms with Crippen molar-refractivity contribution in [2.24, 2.45) is 0 Å². The lowest BCUT2D eigenvalue weighted by Gasteiger charge is -2.16. The molecule has 2 heterocycles. The van der Waals surface area contributed by atoms with E-state index < -0.39 is 0 Å². The summed E-state index contributed by atoms with van der Waals surface area (Å²) < 4.78 is 12.7. The summed E-state index contributed by atoms with van der Waals surface area (Å²) in [5.74, 6) is 1.68. The smallest absolute Gasteiger partial charge is 0.239 e. The number of aromatic nitrogens is 3. The summed E-state index contributed by atoms with van der Waals surface area (Å²) in [4.78, 5) is 20.0. The van der Waals surface area contributed by atoms with Crippen molar-refractivity contribution in [3.63, 3.8) is 0 Å². The molecule has 0 atom stereocenters. The molecule has 0 aliphatic heterocycles. The first-order valence-electron chi connectivity index (χ1n) is 12.3. The number of benzene rings is 1. The Kier molecular flexibility index (Phi) is 8.46. The summed E-state index contributed by atoms with van der Waals surface area (Å²) >= 11 is 1.48. The third-order valence-corrected chi connectivity index (χ3v) is 7.08. The molecule has 3 aromatic rings. The average Bonchev–Trinajstić information content (AvgIpc) is 3.57. The van der Waals surface area contributed by atoms with Gasteiger partial charge in [-0.3, -0.25) is 4.79 Å². The number of hydrogen-bond acceptors (Lipinski definition) is 8. The van der Waals surface area contributed by atoms with Crippen LogP contribution in [0.3, 0.4) is 0 Å². The molecule has 0 saturated heterocycles. The number of amides is 1. The molecule has 2 aromatic heterocycles. The van der Waals surface area contributed by atoms with Crippen molar-refractivity contribution in [1.29, 1.82) is 0 Å². The van der Waals surface area contributed by atoms with Crippen LogP contribution in [-0.2, 0) is 9.53 Å². The SMILES string of the molecule is COc1ccc(-c2nc3sc(N(C)CC(=O)NCCCOC(C)C)nn3c2NC2CCCC2)cc1. The van der Waals surface area contributed by atoms with Gasteiger partial charge in [0.1, 0.15) is 11.4 Å². The van der Waals surface area contributed by atoms with Gasteiger partial charge >= 0.3 is 0 Å². The first kappa shape index (κ1) is 25.2. The normalized spacial score (nSPS) is 14.1. The van der Waals surface area contributed by atoms with Gasteiger partial charge in [-0.2, -0.15) is 4.52 Å². The van der Waals surface area contributed by atoms with Crippen molar-refractivity contribution in [2.75, 3.05) is 44.1 Å². The van der Waals surface area contributed by atoms with Crippen LogP contribution in [0.2, 0.25) is 0 Å². The maximum absolute atomic E-state index is 12.4. The fraction of sp³-hybridized carbons (Fsp3) is 0.560. The van der Waals surface area contributed by atoms with E-state index in [0.717, 1.165) is 52.2 Å². The first-order chi connectivity index (χ1) is 16.9. The lowest BCUT2D eigenvalue weighted by Crippen LogP contribution is -2.36. The molecule has 0 bridgehead atoms. The van der Waals surface area contributed by atoms with E-state index in [1.807, 2.05) is 54.6 Å². The highest BCUT2D eigenvalue weighted by Crippen LogP contribution is 2.35. The molecule has 4 rings (SSSR count). The Morgan fingerprint density at radius 2 is 2.00 bits per heavy atom. The maximum Gasteiger partial charge on any atom is 0.239 e. The van der Waals surface area contributed by atoms with E-state index in [-0.39, 0.29) is 18.6 Å². The average molecular weight is 501 g/mol. The molecule has 0 radical (unpaired) electrons. The summed E-state index contributed by atoms with van der Waals surface area (Å²) in [5.41, 5.74) is 1.90. The third kappa shape index (κ3) is 6.43. The van der Waals surface area contributed by atoms with Gasteiger partial charge in [-0.15, -0.1) is 5.10 Å². The molecule has 1 aromatic carbocycles. The van der Waals surface area contributed by atoms with Crippen molar-refractivity contribution in [2.45, 2.75) is 58.1 Å². The highest BCUT2D eigenvalue weighted by molar-refractivity contribution is 7.20. The van der Waals surface area contributed by atoms with Crippen LogP contribution in [0.1, 0.15) is 46.0 Å². The van der Waals surface area contributed by atoms with Crippen molar-refractivity contribution in [1.82, 2.24) is 19.9 Å². The summed E-state index contributed by atoms with van der Waals surface area (Å²) in [7, 11) is 3.55. The van der Waals surface area contributed by atoms with E-state index >= 15 is 0 Å². The minimum atomic E-state index is -0.0342. The van der Waals surface area contributed by atoms with Crippen molar-refractivity contribution in [3.05, 3.63) is 24.3 Å². The molecule has 1 aliphatic carbocycles. The van der Waals surface area contributed by atoms with Gasteiger partial charge in [-0.1, -0.05) is 24.2 Å². The van der Waals surface area contributed by atoms with E-state index in [4.69, 9.17) is 19.6 Å². The zero-order valence-electron chi connectivity index (χ0n) is 21.0. The molecular formula is C25H36N6O3S. The number of ether oxygens (including phenoxy) is 2. The topological polar surface area (TPSA) is 93.0 Å². The summed E-state index contributed by atoms with van der Waals surface area (Å²) in [5, 5.41) is 12.2. The highest BCUT2D eigenvalue weighted by atomic mass is 32.1. The molecule has 190 valence electrons. The maximum atomic E-state index is 12.4. The Balaban J connectivity index is 1.48. The van der Waals surface area contributed by atoms with Crippen molar-refractivity contribution >= 4 is 33.2 Å². The van der Waals surface area contributed by atoms with Crippen LogP contribution in [0.15, 0.2) is 24.3 Å². The van der Waals surface area contributed by atoms with Crippen LogP contribution in [0.5, 0.6) is 5.75 Å². The van der Waals surface area contributed by atoms with Gasteiger partial charge in [0.15, 0.2) is 5.82 Å². The number of likely N-dealkylation sites (N-methyl/N-ethyl adjacent to an activating group) is 1.